The zero-order chi connectivity index (χ0) is 20.0. The molecule has 0 unspecified atom stereocenters. The van der Waals surface area contributed by atoms with Gasteiger partial charge in [-0.05, 0) is 30.5 Å². The van der Waals surface area contributed by atoms with Crippen LogP contribution in [0.15, 0.2) is 42.7 Å². The van der Waals surface area contributed by atoms with Gasteiger partial charge in [0.05, 0.1) is 24.0 Å². The normalized spacial score (nSPS) is 24.4. The highest BCUT2D eigenvalue weighted by molar-refractivity contribution is 5.40. The van der Waals surface area contributed by atoms with Crippen LogP contribution in [-0.2, 0) is 16.1 Å². The van der Waals surface area contributed by atoms with E-state index < -0.39 is 12.2 Å². The fourth-order valence-corrected chi connectivity index (χ4v) is 3.94. The topological polar surface area (TPSA) is 108 Å². The van der Waals surface area contributed by atoms with E-state index in [1.807, 2.05) is 23.0 Å². The van der Waals surface area contributed by atoms with E-state index in [0.717, 1.165) is 38.2 Å². The molecule has 1 aromatic carbocycles. The molecule has 3 N–H and O–H groups in total. The minimum absolute atomic E-state index is 0.239. The lowest BCUT2D eigenvalue weighted by Crippen LogP contribution is -2.54. The predicted octanol–water partition coefficient (Wildman–Crippen LogP) is 1.05. The maximum absolute atomic E-state index is 9.98. The van der Waals surface area contributed by atoms with E-state index >= 15 is 0 Å². The maximum Gasteiger partial charge on any atom is 0.290 e. The van der Waals surface area contributed by atoms with E-state index in [1.54, 1.807) is 6.20 Å². The zero-order valence-electron chi connectivity index (χ0n) is 15.7. The second kappa shape index (κ2) is 9.29. The molecule has 1 aromatic heterocycles. The summed E-state index contributed by atoms with van der Waals surface area (Å²) in [5.41, 5.74) is 2.10. The molecular formula is C20H27N3O5. The van der Waals surface area contributed by atoms with Crippen LogP contribution in [-0.4, -0.2) is 74.0 Å². The molecule has 0 bridgehead atoms. The summed E-state index contributed by atoms with van der Waals surface area (Å²) in [6.45, 7) is 2.72. The Morgan fingerprint density at radius 1 is 1.18 bits per heavy atom. The molecule has 3 heterocycles. The molecule has 8 nitrogen and oxygen atoms in total. The Hall–Kier alpha value is -2.26. The Balaban J connectivity index is 0.000000706. The lowest BCUT2D eigenvalue weighted by Gasteiger charge is -2.46. The number of aromatic nitrogens is 2. The summed E-state index contributed by atoms with van der Waals surface area (Å²) >= 11 is 0. The highest BCUT2D eigenvalue weighted by atomic mass is 16.5. The molecule has 1 spiro atoms. The molecule has 8 heteroatoms. The van der Waals surface area contributed by atoms with Crippen LogP contribution in [0.5, 0.6) is 0 Å². The fraction of sp³-hybridized carbons (Fsp3) is 0.500. The minimum Gasteiger partial charge on any atom is -0.483 e. The molecule has 2 aliphatic heterocycles. The summed E-state index contributed by atoms with van der Waals surface area (Å²) in [6.07, 6.45) is 4.66. The number of rotatable bonds is 3. The first-order valence-corrected chi connectivity index (χ1v) is 9.45. The molecule has 4 rings (SSSR count). The van der Waals surface area contributed by atoms with Gasteiger partial charge in [-0.15, -0.1) is 0 Å². The van der Waals surface area contributed by atoms with Crippen LogP contribution in [0.1, 0.15) is 24.8 Å². The largest absolute Gasteiger partial charge is 0.483 e. The van der Waals surface area contributed by atoms with E-state index in [4.69, 9.17) is 14.6 Å². The summed E-state index contributed by atoms with van der Waals surface area (Å²) < 4.78 is 7.82. The third-order valence-corrected chi connectivity index (χ3v) is 5.49. The molecule has 0 radical (unpaired) electrons. The van der Waals surface area contributed by atoms with Crippen molar-refractivity contribution in [3.05, 3.63) is 48.3 Å². The highest BCUT2D eigenvalue weighted by Crippen LogP contribution is 2.35. The smallest absolute Gasteiger partial charge is 0.290 e. The number of hydrogen-bond acceptors (Lipinski definition) is 6. The number of aliphatic hydroxyl groups excluding tert-OH is 2. The van der Waals surface area contributed by atoms with Crippen molar-refractivity contribution < 1.29 is 24.9 Å². The SMILES string of the molecule is O=CO.O[C@@H]1CC2(CCN(Cc3ccccc3-n3cccn3)CC2)OC[C@@H]1O. The number of ether oxygens (including phenoxy) is 1. The van der Waals surface area contributed by atoms with Crippen molar-refractivity contribution in [2.75, 3.05) is 19.7 Å². The molecule has 2 saturated heterocycles. The van der Waals surface area contributed by atoms with E-state index in [-0.39, 0.29) is 18.7 Å². The van der Waals surface area contributed by atoms with Crippen LogP contribution in [0.4, 0.5) is 0 Å². The standard InChI is InChI=1S/C19H25N3O3.CH2O2/c23-17-12-19(25-14-18(17)24)6-10-21(11-7-19)13-15-4-1-2-5-16(15)22-9-3-8-20-22;2-1-3/h1-5,8-9,17-18,23-24H,6-7,10-14H2;1H,(H,2,3)/t17-,18+;/m1./s1. The summed E-state index contributed by atoms with van der Waals surface area (Å²) in [4.78, 5) is 10.8. The number of benzene rings is 1. The van der Waals surface area contributed by atoms with Gasteiger partial charge in [0.2, 0.25) is 0 Å². The van der Waals surface area contributed by atoms with E-state index in [0.29, 0.717) is 6.42 Å². The van der Waals surface area contributed by atoms with E-state index in [9.17, 15) is 10.2 Å². The van der Waals surface area contributed by atoms with Crippen molar-refractivity contribution in [1.29, 1.82) is 0 Å². The molecule has 152 valence electrons. The number of carbonyl (C=O) groups is 1. The van der Waals surface area contributed by atoms with Crippen LogP contribution in [0, 0.1) is 0 Å². The van der Waals surface area contributed by atoms with Crippen LogP contribution in [0.2, 0.25) is 0 Å². The van der Waals surface area contributed by atoms with Gasteiger partial charge in [0.1, 0.15) is 6.10 Å². The van der Waals surface area contributed by atoms with Crippen molar-refractivity contribution in [3.8, 4) is 5.69 Å². The number of aliphatic hydroxyl groups is 2. The lowest BCUT2D eigenvalue weighted by atomic mass is 9.82. The average molecular weight is 389 g/mol. The fourth-order valence-electron chi connectivity index (χ4n) is 3.94. The predicted molar refractivity (Wildman–Crippen MR) is 102 cm³/mol. The third-order valence-electron chi connectivity index (χ3n) is 5.49. The molecule has 0 amide bonds. The molecule has 0 saturated carbocycles. The second-order valence-electron chi connectivity index (χ2n) is 7.29. The molecule has 2 atom stereocenters. The monoisotopic (exact) mass is 389 g/mol. The first kappa shape index (κ1) is 20.5. The van der Waals surface area contributed by atoms with Gasteiger partial charge in [0.15, 0.2) is 0 Å². The van der Waals surface area contributed by atoms with Crippen LogP contribution in [0.25, 0.3) is 5.69 Å². The molecule has 2 aromatic rings. The van der Waals surface area contributed by atoms with Crippen molar-refractivity contribution in [2.45, 2.75) is 43.6 Å². The Morgan fingerprint density at radius 3 is 2.54 bits per heavy atom. The molecular weight excluding hydrogens is 362 g/mol. The van der Waals surface area contributed by atoms with Crippen LogP contribution >= 0.6 is 0 Å². The molecule has 2 aliphatic rings. The van der Waals surface area contributed by atoms with Gasteiger partial charge >= 0.3 is 0 Å². The van der Waals surface area contributed by atoms with Gasteiger partial charge < -0.3 is 20.1 Å². The zero-order valence-corrected chi connectivity index (χ0v) is 15.7. The van der Waals surface area contributed by atoms with E-state index in [2.05, 4.69) is 28.2 Å². The van der Waals surface area contributed by atoms with Crippen molar-refractivity contribution in [2.24, 2.45) is 0 Å². The Bertz CT molecular complexity index is 744. The minimum atomic E-state index is -0.746. The Kier molecular flexibility index (Phi) is 6.79. The van der Waals surface area contributed by atoms with Crippen LogP contribution in [0.3, 0.4) is 0 Å². The quantitative estimate of drug-likeness (QED) is 0.674. The lowest BCUT2D eigenvalue weighted by molar-refractivity contribution is -0.188. The number of piperidine rings is 1. The number of likely N-dealkylation sites (tertiary alicyclic amines) is 1. The number of hydrogen-bond donors (Lipinski definition) is 3. The third kappa shape index (κ3) is 4.77. The number of nitrogens with zero attached hydrogens (tertiary/aromatic N) is 3. The van der Waals surface area contributed by atoms with Crippen LogP contribution < -0.4 is 0 Å². The summed E-state index contributed by atoms with van der Waals surface area (Å²) in [7, 11) is 0. The van der Waals surface area contributed by atoms with Crippen molar-refractivity contribution in [1.82, 2.24) is 14.7 Å². The first-order chi connectivity index (χ1) is 13.6. The summed E-state index contributed by atoms with van der Waals surface area (Å²) in [5.74, 6) is 0. The first-order valence-electron chi connectivity index (χ1n) is 9.45. The Labute approximate surface area is 164 Å². The Morgan fingerprint density at radius 2 is 1.89 bits per heavy atom. The van der Waals surface area contributed by atoms with Gasteiger partial charge in [-0.2, -0.15) is 5.10 Å². The van der Waals surface area contributed by atoms with Gasteiger partial charge in [0, 0.05) is 38.4 Å². The maximum atomic E-state index is 9.98. The highest BCUT2D eigenvalue weighted by Gasteiger charge is 2.42. The van der Waals surface area contributed by atoms with Gasteiger partial charge in [0.25, 0.3) is 6.47 Å². The van der Waals surface area contributed by atoms with Crippen molar-refractivity contribution in [3.63, 3.8) is 0 Å². The second-order valence-corrected chi connectivity index (χ2v) is 7.29. The van der Waals surface area contributed by atoms with Gasteiger partial charge in [-0.25, -0.2) is 4.68 Å². The molecule has 0 aliphatic carbocycles. The summed E-state index contributed by atoms with van der Waals surface area (Å²) in [5, 5.41) is 30.9. The molecule has 2 fully saturated rings. The summed E-state index contributed by atoms with van der Waals surface area (Å²) in [6, 6.07) is 10.3. The molecule has 28 heavy (non-hydrogen) atoms. The van der Waals surface area contributed by atoms with Crippen molar-refractivity contribution >= 4 is 6.47 Å². The average Bonchev–Trinajstić information content (AvgIpc) is 3.23. The van der Waals surface area contributed by atoms with Gasteiger partial charge in [-0.3, -0.25) is 9.69 Å². The number of carboxylic acid groups (broad SMARTS) is 1. The van der Waals surface area contributed by atoms with Gasteiger partial charge in [-0.1, -0.05) is 18.2 Å². The van der Waals surface area contributed by atoms with E-state index in [1.165, 1.54) is 5.56 Å². The number of para-hydroxylation sites is 1.